The molecule has 6 heteroatoms. The Morgan fingerprint density at radius 1 is 1.46 bits per heavy atom. The number of hydrogen-bond acceptors (Lipinski definition) is 5. The number of cyclic esters (lactones) is 1. The average Bonchev–Trinajstić information content (AvgIpc) is 3.12. The maximum atomic E-state index is 12.5. The molecule has 4 atom stereocenters. The maximum Gasteiger partial charge on any atom is 0.342 e. The Hall–Kier alpha value is -1.92. The minimum Gasteiger partial charge on any atom is -0.459 e. The van der Waals surface area contributed by atoms with Crippen molar-refractivity contribution < 1.29 is 29.1 Å². The van der Waals surface area contributed by atoms with Crippen molar-refractivity contribution in [3.05, 3.63) is 35.5 Å². The fourth-order valence-electron chi connectivity index (χ4n) is 3.65. The molecule has 3 aliphatic heterocycles. The predicted octanol–water partition coefficient (Wildman–Crippen LogP) is -0.304. The number of quaternary nitrogens is 1. The summed E-state index contributed by atoms with van der Waals surface area (Å²) in [4.78, 5) is 26.1. The van der Waals surface area contributed by atoms with Gasteiger partial charge in [-0.3, -0.25) is 0 Å². The van der Waals surface area contributed by atoms with Crippen LogP contribution < -0.4 is 4.90 Å². The smallest absolute Gasteiger partial charge is 0.342 e. The minimum absolute atomic E-state index is 0.0347. The van der Waals surface area contributed by atoms with Gasteiger partial charge in [-0.05, 0) is 25.5 Å². The fourth-order valence-corrected chi connectivity index (χ4v) is 3.65. The number of hydrogen-bond donors (Lipinski definition) is 2. The summed E-state index contributed by atoms with van der Waals surface area (Å²) < 4.78 is 11.1. The highest BCUT2D eigenvalue weighted by Gasteiger charge is 2.47. The van der Waals surface area contributed by atoms with Crippen LogP contribution in [0, 0.1) is 0 Å². The second kappa shape index (κ2) is 6.18. The van der Waals surface area contributed by atoms with E-state index in [0.717, 1.165) is 25.1 Å². The second-order valence-corrected chi connectivity index (χ2v) is 6.84. The molecular weight excluding hydrogens is 310 g/mol. The molecule has 1 unspecified atom stereocenters. The Bertz CT molecular complexity index is 646. The molecule has 0 spiro atoms. The number of allylic oxidation sites excluding steroid dienone is 1. The van der Waals surface area contributed by atoms with Crippen LogP contribution in [-0.4, -0.2) is 54.5 Å². The van der Waals surface area contributed by atoms with Crippen LogP contribution in [0.25, 0.3) is 0 Å². The van der Waals surface area contributed by atoms with E-state index in [0.29, 0.717) is 5.57 Å². The van der Waals surface area contributed by atoms with Gasteiger partial charge in [-0.25, -0.2) is 9.59 Å². The first-order valence-corrected chi connectivity index (χ1v) is 8.32. The Morgan fingerprint density at radius 2 is 2.21 bits per heavy atom. The van der Waals surface area contributed by atoms with Gasteiger partial charge in [0, 0.05) is 24.0 Å². The molecule has 0 aromatic carbocycles. The van der Waals surface area contributed by atoms with E-state index in [1.165, 1.54) is 11.8 Å². The average molecular weight is 334 g/mol. The zero-order valence-corrected chi connectivity index (χ0v) is 14.1. The largest absolute Gasteiger partial charge is 0.459 e. The summed E-state index contributed by atoms with van der Waals surface area (Å²) in [6.45, 7) is 8.73. The molecule has 2 fully saturated rings. The van der Waals surface area contributed by atoms with Crippen molar-refractivity contribution in [2.45, 2.75) is 44.4 Å². The monoisotopic (exact) mass is 334 g/mol. The van der Waals surface area contributed by atoms with Crippen molar-refractivity contribution in [3.63, 3.8) is 0 Å². The van der Waals surface area contributed by atoms with Gasteiger partial charge in [0.1, 0.15) is 6.61 Å². The van der Waals surface area contributed by atoms with E-state index < -0.39 is 17.5 Å². The Labute approximate surface area is 141 Å². The Morgan fingerprint density at radius 3 is 2.92 bits per heavy atom. The molecule has 2 N–H and O–H groups in total. The Kier molecular flexibility index (Phi) is 4.36. The lowest BCUT2D eigenvalue weighted by Crippen LogP contribution is -3.12. The predicted molar refractivity (Wildman–Crippen MR) is 86.2 cm³/mol. The van der Waals surface area contributed by atoms with Crippen molar-refractivity contribution in [3.8, 4) is 0 Å². The molecule has 0 aromatic rings. The summed E-state index contributed by atoms with van der Waals surface area (Å²) in [6.07, 6.45) is 4.36. The quantitative estimate of drug-likeness (QED) is 0.361. The molecule has 3 aliphatic rings. The number of carbonyl (C=O) groups is 2. The first-order valence-electron chi connectivity index (χ1n) is 8.32. The van der Waals surface area contributed by atoms with Crippen molar-refractivity contribution in [1.29, 1.82) is 0 Å². The van der Waals surface area contributed by atoms with Crippen LogP contribution in [0.1, 0.15) is 26.7 Å². The van der Waals surface area contributed by atoms with Gasteiger partial charge < -0.3 is 19.5 Å². The SMILES string of the molecule is C=C1C/C(=C\C)C(=O)O[C@@H]2CC[NH+]3CC=C(COC(=O)[C@]1(C)O)[C@@H]23. The highest BCUT2D eigenvalue weighted by atomic mass is 16.6. The van der Waals surface area contributed by atoms with E-state index in [1.807, 2.05) is 6.08 Å². The van der Waals surface area contributed by atoms with Crippen LogP contribution in [-0.2, 0) is 19.1 Å². The topological polar surface area (TPSA) is 77.3 Å². The van der Waals surface area contributed by atoms with E-state index in [9.17, 15) is 14.7 Å². The summed E-state index contributed by atoms with van der Waals surface area (Å²) in [7, 11) is 0. The summed E-state index contributed by atoms with van der Waals surface area (Å²) in [5.41, 5.74) is -0.272. The summed E-state index contributed by atoms with van der Waals surface area (Å²) in [5.74, 6) is -1.14. The summed E-state index contributed by atoms with van der Waals surface area (Å²) in [5, 5.41) is 10.5. The molecule has 3 heterocycles. The number of nitrogens with one attached hydrogen (secondary N) is 1. The van der Waals surface area contributed by atoms with Crippen LogP contribution in [0.5, 0.6) is 0 Å². The van der Waals surface area contributed by atoms with Crippen molar-refractivity contribution >= 4 is 11.9 Å². The van der Waals surface area contributed by atoms with Crippen molar-refractivity contribution in [1.82, 2.24) is 0 Å². The third-order valence-electron chi connectivity index (χ3n) is 5.32. The molecule has 3 rings (SSSR count). The zero-order valence-electron chi connectivity index (χ0n) is 14.1. The van der Waals surface area contributed by atoms with Gasteiger partial charge in [-0.15, -0.1) is 0 Å². The molecule has 0 saturated carbocycles. The molecule has 130 valence electrons. The van der Waals surface area contributed by atoms with Gasteiger partial charge in [0.25, 0.3) is 0 Å². The highest BCUT2D eigenvalue weighted by molar-refractivity contribution is 5.90. The lowest BCUT2D eigenvalue weighted by molar-refractivity contribution is -0.896. The third kappa shape index (κ3) is 2.80. The van der Waals surface area contributed by atoms with Gasteiger partial charge >= 0.3 is 11.9 Å². The van der Waals surface area contributed by atoms with Gasteiger partial charge in [-0.2, -0.15) is 0 Å². The first-order chi connectivity index (χ1) is 11.3. The second-order valence-electron chi connectivity index (χ2n) is 6.84. The summed E-state index contributed by atoms with van der Waals surface area (Å²) >= 11 is 0. The van der Waals surface area contributed by atoms with Gasteiger partial charge in [0.05, 0.1) is 13.1 Å². The molecule has 6 nitrogen and oxygen atoms in total. The molecule has 2 saturated heterocycles. The fraction of sp³-hybridized carbons (Fsp3) is 0.556. The highest BCUT2D eigenvalue weighted by Crippen LogP contribution is 2.27. The van der Waals surface area contributed by atoms with Gasteiger partial charge in [0.2, 0.25) is 0 Å². The van der Waals surface area contributed by atoms with Gasteiger partial charge in [-0.1, -0.05) is 12.7 Å². The zero-order chi connectivity index (χ0) is 17.5. The number of ether oxygens (including phenoxy) is 2. The van der Waals surface area contributed by atoms with E-state index in [2.05, 4.69) is 6.58 Å². The summed E-state index contributed by atoms with van der Waals surface area (Å²) in [6, 6.07) is 0.0347. The van der Waals surface area contributed by atoms with Crippen molar-refractivity contribution in [2.24, 2.45) is 0 Å². The molecule has 0 radical (unpaired) electrons. The molecule has 24 heavy (non-hydrogen) atoms. The van der Waals surface area contributed by atoms with E-state index in [4.69, 9.17) is 9.47 Å². The van der Waals surface area contributed by atoms with Gasteiger partial charge in [0.15, 0.2) is 17.7 Å². The van der Waals surface area contributed by atoms with Crippen molar-refractivity contribution in [2.75, 3.05) is 19.7 Å². The number of esters is 2. The number of carbonyl (C=O) groups excluding carboxylic acids is 2. The van der Waals surface area contributed by atoms with E-state index in [1.54, 1.807) is 13.0 Å². The number of rotatable bonds is 0. The van der Waals surface area contributed by atoms with Crippen LogP contribution in [0.4, 0.5) is 0 Å². The molecule has 0 aromatic heterocycles. The van der Waals surface area contributed by atoms with E-state index in [-0.39, 0.29) is 30.7 Å². The molecule has 0 bridgehead atoms. The standard InChI is InChI=1S/C18H23NO5/c1-4-12-9-11(2)18(3,22)17(21)23-10-13-5-7-19-8-6-14(15(13)19)24-16(12)20/h4-5,14-15,22H,2,6-10H2,1,3H3/p+1/b12-4+/t14-,15+,18-/m1/s1. The first kappa shape index (κ1) is 16.9. The Balaban J connectivity index is 1.92. The minimum atomic E-state index is -1.84. The van der Waals surface area contributed by atoms with E-state index >= 15 is 0 Å². The number of aliphatic hydroxyl groups is 1. The van der Waals surface area contributed by atoms with Crippen LogP contribution >= 0.6 is 0 Å². The molecule has 0 amide bonds. The molecule has 0 aliphatic carbocycles. The molecular formula is C18H24NO5+. The maximum absolute atomic E-state index is 12.5. The van der Waals surface area contributed by atoms with Crippen LogP contribution in [0.2, 0.25) is 0 Å². The lowest BCUT2D eigenvalue weighted by atomic mass is 9.91. The lowest BCUT2D eigenvalue weighted by Gasteiger charge is -2.27. The van der Waals surface area contributed by atoms with Crippen LogP contribution in [0.3, 0.4) is 0 Å². The third-order valence-corrected chi connectivity index (χ3v) is 5.32. The normalized spacial score (nSPS) is 38.8. The van der Waals surface area contributed by atoms with Crippen LogP contribution in [0.15, 0.2) is 35.5 Å².